The maximum Gasteiger partial charge on any atom is 0.255 e. The number of halogens is 2. The Balaban J connectivity index is 1.35. The van der Waals surface area contributed by atoms with Gasteiger partial charge in [-0.25, -0.2) is 8.78 Å². The molecule has 41 heavy (non-hydrogen) atoms. The first kappa shape index (κ1) is 27.4. The molecule has 214 valence electrons. The molecule has 0 aliphatic heterocycles. The fraction of sp³-hybridized carbons (Fsp3) is 0.424. The standard InChI is InChI=1S/C33H35F2N3O3/c1-33-14-12-22-21-7-3-2-6-19(21)10-11-23(22)30(33)26(17-29(33)38-41)24(31-27(35)16-20(34)18-37-31)13-15-36-32(40)25-8-4-5-9-28(25)39/h2-9,16,18,22-24,26,30,39,41H,10-15,17H2,1H3,(H,36,40)/b38-29+/t22?,23?,24?,26-,30?,33+/m0/s1. The molecule has 8 heteroatoms. The molecular weight excluding hydrogens is 524 g/mol. The second kappa shape index (κ2) is 10.9. The Hall–Kier alpha value is -3.81. The van der Waals surface area contributed by atoms with Crippen LogP contribution >= 0.6 is 0 Å². The fourth-order valence-corrected chi connectivity index (χ4v) is 8.38. The van der Waals surface area contributed by atoms with Crippen molar-refractivity contribution in [1.82, 2.24) is 10.3 Å². The molecule has 2 aromatic carbocycles. The molecule has 0 bridgehead atoms. The summed E-state index contributed by atoms with van der Waals surface area (Å²) < 4.78 is 29.3. The van der Waals surface area contributed by atoms with Gasteiger partial charge >= 0.3 is 0 Å². The van der Waals surface area contributed by atoms with Crippen molar-refractivity contribution in [2.45, 2.75) is 57.3 Å². The van der Waals surface area contributed by atoms with Crippen LogP contribution in [0.5, 0.6) is 5.75 Å². The lowest BCUT2D eigenvalue weighted by atomic mass is 9.53. The maximum atomic E-state index is 15.4. The van der Waals surface area contributed by atoms with Crippen molar-refractivity contribution in [1.29, 1.82) is 0 Å². The number of carbonyl (C=O) groups is 1. The predicted molar refractivity (Wildman–Crippen MR) is 151 cm³/mol. The van der Waals surface area contributed by atoms with E-state index < -0.39 is 23.5 Å². The number of benzene rings is 2. The third-order valence-electron chi connectivity index (χ3n) is 10.2. The highest BCUT2D eigenvalue weighted by atomic mass is 19.1. The molecule has 3 N–H and O–H groups in total. The number of nitrogens with zero attached hydrogens (tertiary/aromatic N) is 2. The van der Waals surface area contributed by atoms with Crippen molar-refractivity contribution in [2.75, 3.05) is 6.54 Å². The molecule has 0 radical (unpaired) electrons. The van der Waals surface area contributed by atoms with Crippen LogP contribution in [0.15, 0.2) is 65.9 Å². The Bertz CT molecular complexity index is 1490. The van der Waals surface area contributed by atoms with Gasteiger partial charge in [0.1, 0.15) is 17.4 Å². The third kappa shape index (κ3) is 4.77. The van der Waals surface area contributed by atoms with Crippen LogP contribution < -0.4 is 5.32 Å². The highest BCUT2D eigenvalue weighted by Gasteiger charge is 2.59. The molecule has 6 atom stereocenters. The average molecular weight is 560 g/mol. The van der Waals surface area contributed by atoms with Gasteiger partial charge in [0.15, 0.2) is 0 Å². The zero-order valence-electron chi connectivity index (χ0n) is 23.1. The number of nitrogens with one attached hydrogen (secondary N) is 1. The van der Waals surface area contributed by atoms with Gasteiger partial charge in [-0.2, -0.15) is 0 Å². The van der Waals surface area contributed by atoms with Crippen molar-refractivity contribution in [3.05, 3.63) is 94.8 Å². The Kier molecular flexibility index (Phi) is 7.26. The van der Waals surface area contributed by atoms with E-state index in [1.807, 2.05) is 0 Å². The number of rotatable bonds is 6. The topological polar surface area (TPSA) is 94.8 Å². The smallest absolute Gasteiger partial charge is 0.255 e. The molecule has 3 aromatic rings. The first-order valence-electron chi connectivity index (χ1n) is 14.5. The lowest BCUT2D eigenvalue weighted by Gasteiger charge is -2.51. The second-order valence-electron chi connectivity index (χ2n) is 12.1. The van der Waals surface area contributed by atoms with Gasteiger partial charge in [0, 0.05) is 23.9 Å². The van der Waals surface area contributed by atoms with E-state index >= 15 is 4.39 Å². The number of aromatic hydroxyl groups is 1. The summed E-state index contributed by atoms with van der Waals surface area (Å²) in [5.41, 5.74) is 3.49. The highest BCUT2D eigenvalue weighted by molar-refractivity contribution is 5.96. The van der Waals surface area contributed by atoms with Crippen molar-refractivity contribution in [3.8, 4) is 5.75 Å². The number of aromatic nitrogens is 1. The van der Waals surface area contributed by atoms with E-state index in [1.165, 1.54) is 17.2 Å². The molecular formula is C33H35F2N3O3. The van der Waals surface area contributed by atoms with E-state index in [0.717, 1.165) is 43.7 Å². The van der Waals surface area contributed by atoms with Gasteiger partial charge in [0.2, 0.25) is 0 Å². The van der Waals surface area contributed by atoms with Crippen molar-refractivity contribution >= 4 is 11.6 Å². The van der Waals surface area contributed by atoms with E-state index in [9.17, 15) is 19.5 Å². The number of aryl methyl sites for hydroxylation is 1. The van der Waals surface area contributed by atoms with Crippen LogP contribution in [0.25, 0.3) is 0 Å². The summed E-state index contributed by atoms with van der Waals surface area (Å²) in [5, 5.41) is 26.9. The van der Waals surface area contributed by atoms with Crippen LogP contribution in [0.4, 0.5) is 8.78 Å². The van der Waals surface area contributed by atoms with Gasteiger partial charge in [-0.15, -0.1) is 0 Å². The zero-order chi connectivity index (χ0) is 28.7. The molecule has 3 aliphatic rings. The summed E-state index contributed by atoms with van der Waals surface area (Å²) in [6.07, 6.45) is 5.70. The lowest BCUT2D eigenvalue weighted by Crippen LogP contribution is -2.45. The minimum atomic E-state index is -0.742. The van der Waals surface area contributed by atoms with E-state index in [-0.39, 0.29) is 40.8 Å². The Morgan fingerprint density at radius 3 is 2.73 bits per heavy atom. The average Bonchev–Trinajstić information content (AvgIpc) is 3.28. The first-order chi connectivity index (χ1) is 19.8. The number of amides is 1. The van der Waals surface area contributed by atoms with E-state index in [4.69, 9.17) is 0 Å². The fourth-order valence-electron chi connectivity index (χ4n) is 8.38. The molecule has 1 heterocycles. The van der Waals surface area contributed by atoms with Gasteiger partial charge in [-0.05, 0) is 85.5 Å². The number of phenols is 1. The molecule has 2 fully saturated rings. The molecule has 6 nitrogen and oxygen atoms in total. The Morgan fingerprint density at radius 1 is 1.17 bits per heavy atom. The van der Waals surface area contributed by atoms with Crippen LogP contribution in [0, 0.1) is 34.8 Å². The van der Waals surface area contributed by atoms with Gasteiger partial charge < -0.3 is 15.6 Å². The number of pyridine rings is 1. The number of oxime groups is 1. The highest BCUT2D eigenvalue weighted by Crippen LogP contribution is 2.64. The van der Waals surface area contributed by atoms with Crippen LogP contribution in [0.3, 0.4) is 0 Å². The molecule has 3 aliphatic carbocycles. The zero-order valence-corrected chi connectivity index (χ0v) is 23.1. The normalized spacial score (nSPS) is 28.4. The van der Waals surface area contributed by atoms with Gasteiger partial charge in [-0.1, -0.05) is 48.5 Å². The molecule has 4 unspecified atom stereocenters. The number of phenolic OH excluding ortho intramolecular Hbond substituents is 1. The summed E-state index contributed by atoms with van der Waals surface area (Å²) in [6.45, 7) is 2.38. The number of para-hydroxylation sites is 1. The van der Waals surface area contributed by atoms with Gasteiger partial charge in [-0.3, -0.25) is 9.78 Å². The van der Waals surface area contributed by atoms with Crippen LogP contribution in [-0.4, -0.2) is 33.5 Å². The maximum absolute atomic E-state index is 15.4. The predicted octanol–water partition coefficient (Wildman–Crippen LogP) is 6.58. The Labute approximate surface area is 238 Å². The number of hydrogen-bond donors (Lipinski definition) is 3. The van der Waals surface area contributed by atoms with Crippen molar-refractivity contribution < 1.29 is 23.9 Å². The van der Waals surface area contributed by atoms with Gasteiger partial charge in [0.05, 0.1) is 23.2 Å². The minimum absolute atomic E-state index is 0.102. The van der Waals surface area contributed by atoms with Crippen LogP contribution in [0.1, 0.15) is 78.0 Å². The van der Waals surface area contributed by atoms with Gasteiger partial charge in [0.25, 0.3) is 5.91 Å². The van der Waals surface area contributed by atoms with Crippen LogP contribution in [0.2, 0.25) is 0 Å². The number of hydrogen-bond acceptors (Lipinski definition) is 5. The summed E-state index contributed by atoms with van der Waals surface area (Å²) in [4.78, 5) is 17.1. The lowest BCUT2D eigenvalue weighted by molar-refractivity contribution is 0.0471. The van der Waals surface area contributed by atoms with E-state index in [1.54, 1.807) is 18.2 Å². The van der Waals surface area contributed by atoms with E-state index in [0.29, 0.717) is 24.7 Å². The van der Waals surface area contributed by atoms with Crippen LogP contribution in [-0.2, 0) is 6.42 Å². The molecule has 1 amide bonds. The number of carbonyl (C=O) groups excluding carboxylic acids is 1. The first-order valence-corrected chi connectivity index (χ1v) is 14.5. The quantitative estimate of drug-likeness (QED) is 0.235. The summed E-state index contributed by atoms with van der Waals surface area (Å²) in [6, 6.07) is 15.8. The molecule has 0 spiro atoms. The number of fused-ring (bicyclic) bond motifs is 5. The molecule has 2 saturated carbocycles. The largest absolute Gasteiger partial charge is 0.507 e. The summed E-state index contributed by atoms with van der Waals surface area (Å²) in [5.74, 6) is -1.77. The summed E-state index contributed by atoms with van der Waals surface area (Å²) in [7, 11) is 0. The van der Waals surface area contributed by atoms with E-state index in [2.05, 4.69) is 46.6 Å². The molecule has 1 aromatic heterocycles. The SMILES string of the molecule is C[C@]12CCC3c4ccccc4CCC3C1[C@H](C(CCNC(=O)c1ccccc1O)c1ncc(F)cc1F)C/C2=N\O. The summed E-state index contributed by atoms with van der Waals surface area (Å²) >= 11 is 0. The molecule has 6 rings (SSSR count). The molecule has 0 saturated heterocycles. The second-order valence-corrected chi connectivity index (χ2v) is 12.1. The van der Waals surface area contributed by atoms with Crippen molar-refractivity contribution in [3.63, 3.8) is 0 Å². The van der Waals surface area contributed by atoms with Crippen molar-refractivity contribution in [2.24, 2.45) is 28.3 Å². The minimum Gasteiger partial charge on any atom is -0.507 e. The Morgan fingerprint density at radius 2 is 1.95 bits per heavy atom. The third-order valence-corrected chi connectivity index (χ3v) is 10.2. The monoisotopic (exact) mass is 559 g/mol.